The molecule has 0 unspecified atom stereocenters. The summed E-state index contributed by atoms with van der Waals surface area (Å²) in [6.07, 6.45) is 3.90. The van der Waals surface area contributed by atoms with Crippen LogP contribution in [0.1, 0.15) is 32.6 Å². The second kappa shape index (κ2) is 3.65. The number of rotatable bonds is 1. The van der Waals surface area contributed by atoms with E-state index in [1.165, 1.54) is 0 Å². The van der Waals surface area contributed by atoms with Crippen LogP contribution in [-0.4, -0.2) is 36.9 Å². The van der Waals surface area contributed by atoms with Crippen LogP contribution in [0.3, 0.4) is 0 Å². The first kappa shape index (κ1) is 10.3. The molecule has 0 aromatic rings. The van der Waals surface area contributed by atoms with Crippen molar-refractivity contribution in [2.75, 3.05) is 0 Å². The van der Waals surface area contributed by atoms with Crippen LogP contribution < -0.4 is 0 Å². The third-order valence-corrected chi connectivity index (χ3v) is 2.22. The third kappa shape index (κ3) is 1.91. The van der Waals surface area contributed by atoms with E-state index in [0.29, 0.717) is 0 Å². The Morgan fingerprint density at radius 1 is 1.40 bits per heavy atom. The topological polar surface area (TPSA) is 37.3 Å². The molecule has 1 fully saturated rings. The van der Waals surface area contributed by atoms with E-state index >= 15 is 0 Å². The minimum Gasteiger partial charge on any atom is -0.481 e. The molecule has 3 radical (unpaired) electrons. The smallest absolute Gasteiger partial charge is 0.309 e. The molecule has 1 aliphatic carbocycles. The Morgan fingerprint density at radius 2 is 1.80 bits per heavy atom. The van der Waals surface area contributed by atoms with Crippen molar-refractivity contribution in [1.82, 2.24) is 0 Å². The molecule has 10 heavy (non-hydrogen) atoms. The number of aliphatic carboxylic acids is 1. The second-order valence-corrected chi connectivity index (χ2v) is 3.07. The molecule has 0 aliphatic heterocycles. The molecule has 3 heteroatoms. The van der Waals surface area contributed by atoms with Gasteiger partial charge in [0.05, 0.1) is 5.41 Å². The van der Waals surface area contributed by atoms with Gasteiger partial charge in [0.2, 0.25) is 0 Å². The van der Waals surface area contributed by atoms with Gasteiger partial charge in [-0.15, -0.1) is 0 Å². The first-order valence-electron chi connectivity index (χ1n) is 3.38. The molecule has 1 saturated carbocycles. The zero-order valence-corrected chi connectivity index (χ0v) is 9.56. The van der Waals surface area contributed by atoms with Gasteiger partial charge in [-0.1, -0.05) is 12.8 Å². The van der Waals surface area contributed by atoms with Gasteiger partial charge in [0.15, 0.2) is 0 Å². The minimum absolute atomic E-state index is 0. The first-order chi connectivity index (χ1) is 4.15. The molecular formula is C7H12InO2. The van der Waals surface area contributed by atoms with Gasteiger partial charge in [-0.2, -0.15) is 0 Å². The molecular weight excluding hydrogens is 231 g/mol. The van der Waals surface area contributed by atoms with Crippen molar-refractivity contribution in [3.63, 3.8) is 0 Å². The summed E-state index contributed by atoms with van der Waals surface area (Å²) in [6, 6.07) is 0. The van der Waals surface area contributed by atoms with Crippen LogP contribution >= 0.6 is 0 Å². The van der Waals surface area contributed by atoms with E-state index in [2.05, 4.69) is 0 Å². The SMILES string of the molecule is CC1(C(=O)O)CCCC1.[In]. The van der Waals surface area contributed by atoms with Crippen LogP contribution in [0.4, 0.5) is 0 Å². The summed E-state index contributed by atoms with van der Waals surface area (Å²) in [5.74, 6) is -0.625. The van der Waals surface area contributed by atoms with Gasteiger partial charge >= 0.3 is 5.97 Å². The molecule has 0 aromatic heterocycles. The van der Waals surface area contributed by atoms with Crippen molar-refractivity contribution in [3.8, 4) is 0 Å². The summed E-state index contributed by atoms with van der Waals surface area (Å²) in [5.41, 5.74) is -0.389. The van der Waals surface area contributed by atoms with Gasteiger partial charge < -0.3 is 5.11 Å². The molecule has 1 rings (SSSR count). The Bertz CT molecular complexity index is 128. The standard InChI is InChI=1S/C7H12O2.In/c1-7(6(8)9)4-2-3-5-7;/h2-5H2,1H3,(H,8,9);. The van der Waals surface area contributed by atoms with Crippen molar-refractivity contribution in [2.24, 2.45) is 5.41 Å². The fraction of sp³-hybridized carbons (Fsp3) is 0.857. The number of hydrogen-bond donors (Lipinski definition) is 1. The zero-order chi connectivity index (χ0) is 6.91. The van der Waals surface area contributed by atoms with E-state index < -0.39 is 5.97 Å². The predicted octanol–water partition coefficient (Wildman–Crippen LogP) is 1.27. The summed E-state index contributed by atoms with van der Waals surface area (Å²) in [6.45, 7) is 1.84. The Hall–Kier alpha value is 0.340. The van der Waals surface area contributed by atoms with Crippen LogP contribution in [0.5, 0.6) is 0 Å². The van der Waals surface area contributed by atoms with Crippen molar-refractivity contribution in [1.29, 1.82) is 0 Å². The molecule has 55 valence electrons. The summed E-state index contributed by atoms with van der Waals surface area (Å²) in [5, 5.41) is 8.67. The van der Waals surface area contributed by atoms with E-state index in [1.807, 2.05) is 6.92 Å². The Morgan fingerprint density at radius 3 is 2.00 bits per heavy atom. The molecule has 0 saturated heterocycles. The van der Waals surface area contributed by atoms with Crippen LogP contribution in [0.25, 0.3) is 0 Å². The Balaban J connectivity index is 0.000000810. The normalized spacial score (nSPS) is 21.7. The number of carboxylic acid groups (broad SMARTS) is 1. The Labute approximate surface area is 79.8 Å². The third-order valence-electron chi connectivity index (χ3n) is 2.22. The molecule has 0 aromatic carbocycles. The maximum absolute atomic E-state index is 10.5. The Kier molecular flexibility index (Phi) is 3.77. The fourth-order valence-electron chi connectivity index (χ4n) is 1.37. The van der Waals surface area contributed by atoms with Gasteiger partial charge in [-0.25, -0.2) is 0 Å². The molecule has 1 aliphatic rings. The van der Waals surface area contributed by atoms with Gasteiger partial charge in [-0.05, 0) is 19.8 Å². The van der Waals surface area contributed by atoms with Gasteiger partial charge in [0.1, 0.15) is 0 Å². The van der Waals surface area contributed by atoms with Crippen LogP contribution in [-0.2, 0) is 4.79 Å². The number of carboxylic acids is 1. The average molecular weight is 243 g/mol. The number of carbonyl (C=O) groups is 1. The van der Waals surface area contributed by atoms with Crippen molar-refractivity contribution in [2.45, 2.75) is 32.6 Å². The maximum atomic E-state index is 10.5. The van der Waals surface area contributed by atoms with Gasteiger partial charge in [0, 0.05) is 25.8 Å². The van der Waals surface area contributed by atoms with E-state index in [9.17, 15) is 4.79 Å². The zero-order valence-electron chi connectivity index (χ0n) is 6.26. The molecule has 0 amide bonds. The summed E-state index contributed by atoms with van der Waals surface area (Å²) < 4.78 is 0. The molecule has 0 spiro atoms. The van der Waals surface area contributed by atoms with Crippen molar-refractivity contribution >= 4 is 31.8 Å². The summed E-state index contributed by atoms with van der Waals surface area (Å²) >= 11 is 0. The molecule has 1 N–H and O–H groups in total. The maximum Gasteiger partial charge on any atom is 0.309 e. The van der Waals surface area contributed by atoms with E-state index in [-0.39, 0.29) is 31.3 Å². The minimum atomic E-state index is -0.625. The summed E-state index contributed by atoms with van der Waals surface area (Å²) in [7, 11) is 0. The van der Waals surface area contributed by atoms with E-state index in [0.717, 1.165) is 25.7 Å². The van der Waals surface area contributed by atoms with Gasteiger partial charge in [0.25, 0.3) is 0 Å². The van der Waals surface area contributed by atoms with Crippen LogP contribution in [0, 0.1) is 5.41 Å². The largest absolute Gasteiger partial charge is 0.481 e. The molecule has 0 bridgehead atoms. The summed E-state index contributed by atoms with van der Waals surface area (Å²) in [4.78, 5) is 10.5. The van der Waals surface area contributed by atoms with Crippen LogP contribution in [0.2, 0.25) is 0 Å². The van der Waals surface area contributed by atoms with Gasteiger partial charge in [-0.3, -0.25) is 4.79 Å². The van der Waals surface area contributed by atoms with E-state index in [4.69, 9.17) is 5.11 Å². The van der Waals surface area contributed by atoms with E-state index in [1.54, 1.807) is 0 Å². The van der Waals surface area contributed by atoms with Crippen molar-refractivity contribution < 1.29 is 9.90 Å². The molecule has 0 heterocycles. The van der Waals surface area contributed by atoms with Crippen LogP contribution in [0.15, 0.2) is 0 Å². The molecule has 2 nitrogen and oxygen atoms in total. The fourth-order valence-corrected chi connectivity index (χ4v) is 1.37. The quantitative estimate of drug-likeness (QED) is 0.752. The second-order valence-electron chi connectivity index (χ2n) is 3.07. The predicted molar refractivity (Wildman–Crippen MR) is 40.0 cm³/mol. The number of hydrogen-bond acceptors (Lipinski definition) is 1. The average Bonchev–Trinajstić information content (AvgIpc) is 2.16. The van der Waals surface area contributed by atoms with Crippen molar-refractivity contribution in [3.05, 3.63) is 0 Å². The molecule has 0 atom stereocenters. The first-order valence-corrected chi connectivity index (χ1v) is 3.38. The monoisotopic (exact) mass is 243 g/mol.